The molecule has 2 fully saturated rings. The highest BCUT2D eigenvalue weighted by molar-refractivity contribution is 7.97. The molecule has 2 aliphatic heterocycles. The van der Waals surface area contributed by atoms with Crippen LogP contribution in [0.1, 0.15) is 45.1 Å². The van der Waals surface area contributed by atoms with E-state index in [1.54, 1.807) is 12.1 Å². The molecule has 2 heterocycles. The molecule has 2 aliphatic rings. The molecular weight excluding hydrogens is 307 g/mol. The number of hydrogen-bond acceptors (Lipinski definition) is 3. The molecule has 3 rings (SSSR count). The van der Waals surface area contributed by atoms with E-state index in [4.69, 9.17) is 0 Å². The SMILES string of the molecule is CCc1cc(F)ccc1SN1CCC(N2CCC(C)CC2)CC1. The molecule has 0 N–H and O–H groups in total. The van der Waals surface area contributed by atoms with Crippen LogP contribution in [-0.2, 0) is 6.42 Å². The number of aryl methyl sites for hydroxylation is 1. The lowest BCUT2D eigenvalue weighted by Crippen LogP contribution is -2.46. The Bertz CT molecular complexity index is 506. The Labute approximate surface area is 144 Å². The minimum absolute atomic E-state index is 0.121. The monoisotopic (exact) mass is 336 g/mol. The van der Waals surface area contributed by atoms with Crippen molar-refractivity contribution in [1.29, 1.82) is 0 Å². The average molecular weight is 337 g/mol. The lowest BCUT2D eigenvalue weighted by molar-refractivity contribution is 0.103. The Morgan fingerprint density at radius 1 is 1.09 bits per heavy atom. The van der Waals surface area contributed by atoms with Crippen LogP contribution < -0.4 is 0 Å². The number of likely N-dealkylation sites (tertiary alicyclic amines) is 1. The quantitative estimate of drug-likeness (QED) is 0.743. The fourth-order valence-electron chi connectivity index (χ4n) is 3.74. The fourth-order valence-corrected chi connectivity index (χ4v) is 4.87. The molecule has 0 bridgehead atoms. The van der Waals surface area contributed by atoms with Gasteiger partial charge in [-0.05, 0) is 86.8 Å². The van der Waals surface area contributed by atoms with Crippen LogP contribution >= 0.6 is 11.9 Å². The van der Waals surface area contributed by atoms with E-state index in [2.05, 4.69) is 23.1 Å². The largest absolute Gasteiger partial charge is 0.300 e. The Morgan fingerprint density at radius 3 is 2.43 bits per heavy atom. The summed E-state index contributed by atoms with van der Waals surface area (Å²) in [5.74, 6) is 0.789. The first-order chi connectivity index (χ1) is 11.2. The molecule has 0 aromatic heterocycles. The van der Waals surface area contributed by atoms with Gasteiger partial charge in [-0.2, -0.15) is 0 Å². The molecule has 1 aromatic carbocycles. The molecule has 1 aromatic rings. The van der Waals surface area contributed by atoms with Gasteiger partial charge in [-0.1, -0.05) is 13.8 Å². The molecule has 0 saturated carbocycles. The van der Waals surface area contributed by atoms with Gasteiger partial charge in [0.25, 0.3) is 0 Å². The van der Waals surface area contributed by atoms with E-state index in [0.717, 1.165) is 37.0 Å². The van der Waals surface area contributed by atoms with Crippen molar-refractivity contribution in [3.8, 4) is 0 Å². The zero-order valence-electron chi connectivity index (χ0n) is 14.4. The normalized spacial score (nSPS) is 22.6. The molecule has 2 nitrogen and oxygen atoms in total. The van der Waals surface area contributed by atoms with Crippen molar-refractivity contribution >= 4 is 11.9 Å². The van der Waals surface area contributed by atoms with E-state index < -0.39 is 0 Å². The molecule has 0 unspecified atom stereocenters. The van der Waals surface area contributed by atoms with Gasteiger partial charge in [-0.3, -0.25) is 0 Å². The van der Waals surface area contributed by atoms with Gasteiger partial charge in [-0.15, -0.1) is 0 Å². The first-order valence-electron chi connectivity index (χ1n) is 9.11. The van der Waals surface area contributed by atoms with Crippen LogP contribution in [0.3, 0.4) is 0 Å². The van der Waals surface area contributed by atoms with Crippen molar-refractivity contribution in [2.75, 3.05) is 26.2 Å². The molecule has 0 atom stereocenters. The standard InChI is InChI=1S/C19H29FN2S/c1-3-16-14-17(20)4-5-19(16)23-22-12-8-18(9-13-22)21-10-6-15(2)7-11-21/h4-5,14-15,18H,3,6-13H2,1-2H3. The van der Waals surface area contributed by atoms with Crippen molar-refractivity contribution in [3.63, 3.8) is 0 Å². The van der Waals surface area contributed by atoms with E-state index in [-0.39, 0.29) is 5.82 Å². The number of benzene rings is 1. The maximum Gasteiger partial charge on any atom is 0.123 e. The van der Waals surface area contributed by atoms with Crippen LogP contribution in [0.15, 0.2) is 23.1 Å². The lowest BCUT2D eigenvalue weighted by Gasteiger charge is -2.41. The summed E-state index contributed by atoms with van der Waals surface area (Å²) in [4.78, 5) is 3.94. The summed E-state index contributed by atoms with van der Waals surface area (Å²) in [7, 11) is 0. The van der Waals surface area contributed by atoms with Crippen LogP contribution in [0.2, 0.25) is 0 Å². The summed E-state index contributed by atoms with van der Waals surface area (Å²) >= 11 is 1.82. The summed E-state index contributed by atoms with van der Waals surface area (Å²) in [5, 5.41) is 0. The molecule has 0 radical (unpaired) electrons. The van der Waals surface area contributed by atoms with Gasteiger partial charge in [0.05, 0.1) is 0 Å². The van der Waals surface area contributed by atoms with Crippen molar-refractivity contribution < 1.29 is 4.39 Å². The maximum absolute atomic E-state index is 13.4. The fraction of sp³-hybridized carbons (Fsp3) is 0.684. The molecule has 23 heavy (non-hydrogen) atoms. The van der Waals surface area contributed by atoms with Gasteiger partial charge in [0.1, 0.15) is 5.82 Å². The van der Waals surface area contributed by atoms with Crippen LogP contribution in [0, 0.1) is 11.7 Å². The lowest BCUT2D eigenvalue weighted by atomic mass is 9.95. The minimum Gasteiger partial charge on any atom is -0.300 e. The molecule has 2 saturated heterocycles. The third kappa shape index (κ3) is 4.49. The van der Waals surface area contributed by atoms with Gasteiger partial charge in [-0.25, -0.2) is 8.70 Å². The Morgan fingerprint density at radius 2 is 1.78 bits per heavy atom. The van der Waals surface area contributed by atoms with Crippen molar-refractivity contribution in [2.24, 2.45) is 5.92 Å². The predicted molar refractivity (Wildman–Crippen MR) is 96.2 cm³/mol. The molecule has 128 valence electrons. The van der Waals surface area contributed by atoms with E-state index >= 15 is 0 Å². The van der Waals surface area contributed by atoms with Crippen LogP contribution in [0.4, 0.5) is 4.39 Å². The summed E-state index contributed by atoms with van der Waals surface area (Å²) < 4.78 is 15.8. The van der Waals surface area contributed by atoms with E-state index in [0.29, 0.717) is 0 Å². The van der Waals surface area contributed by atoms with E-state index in [1.807, 2.05) is 18.0 Å². The number of rotatable bonds is 4. The minimum atomic E-state index is -0.121. The molecule has 4 heteroatoms. The predicted octanol–water partition coefficient (Wildman–Crippen LogP) is 4.59. The number of nitrogens with zero attached hydrogens (tertiary/aromatic N) is 2. The Kier molecular flexibility index (Phi) is 6.00. The number of hydrogen-bond donors (Lipinski definition) is 0. The second-order valence-electron chi connectivity index (χ2n) is 7.08. The second kappa shape index (κ2) is 8.00. The number of piperidine rings is 2. The first kappa shape index (κ1) is 17.2. The maximum atomic E-state index is 13.4. The summed E-state index contributed by atoms with van der Waals surface area (Å²) in [6, 6.07) is 5.99. The molecule has 0 amide bonds. The highest BCUT2D eigenvalue weighted by Gasteiger charge is 2.27. The zero-order valence-corrected chi connectivity index (χ0v) is 15.2. The van der Waals surface area contributed by atoms with E-state index in [1.165, 1.54) is 43.7 Å². The second-order valence-corrected chi connectivity index (χ2v) is 8.21. The molecule has 0 spiro atoms. The van der Waals surface area contributed by atoms with Gasteiger partial charge >= 0.3 is 0 Å². The number of halogens is 1. The third-order valence-corrected chi connectivity index (χ3v) is 6.61. The van der Waals surface area contributed by atoms with Gasteiger partial charge < -0.3 is 4.90 Å². The topological polar surface area (TPSA) is 6.48 Å². The summed E-state index contributed by atoms with van der Waals surface area (Å²) in [5.41, 5.74) is 1.13. The first-order valence-corrected chi connectivity index (χ1v) is 9.88. The van der Waals surface area contributed by atoms with Gasteiger partial charge in [0.15, 0.2) is 0 Å². The highest BCUT2D eigenvalue weighted by Crippen LogP contribution is 2.31. The van der Waals surface area contributed by atoms with Crippen LogP contribution in [0.5, 0.6) is 0 Å². The molecular formula is C19H29FN2S. The van der Waals surface area contributed by atoms with Crippen LogP contribution in [0.25, 0.3) is 0 Å². The smallest absolute Gasteiger partial charge is 0.123 e. The summed E-state index contributed by atoms with van der Waals surface area (Å²) in [6.07, 6.45) is 6.16. The van der Waals surface area contributed by atoms with Crippen molar-refractivity contribution in [2.45, 2.75) is 56.9 Å². The van der Waals surface area contributed by atoms with E-state index in [9.17, 15) is 4.39 Å². The Hall–Kier alpha value is -0.580. The van der Waals surface area contributed by atoms with Gasteiger partial charge in [0.2, 0.25) is 0 Å². The van der Waals surface area contributed by atoms with Crippen molar-refractivity contribution in [3.05, 3.63) is 29.6 Å². The summed E-state index contributed by atoms with van der Waals surface area (Å²) in [6.45, 7) is 9.34. The van der Waals surface area contributed by atoms with Crippen molar-refractivity contribution in [1.82, 2.24) is 9.21 Å². The Balaban J connectivity index is 1.51. The average Bonchev–Trinajstić information content (AvgIpc) is 2.58. The third-order valence-electron chi connectivity index (χ3n) is 5.39. The molecule has 0 aliphatic carbocycles. The van der Waals surface area contributed by atoms with Gasteiger partial charge in [0, 0.05) is 24.0 Å². The van der Waals surface area contributed by atoms with Crippen LogP contribution in [-0.4, -0.2) is 41.4 Å². The highest BCUT2D eigenvalue weighted by atomic mass is 32.2. The zero-order chi connectivity index (χ0) is 16.2.